The van der Waals surface area contributed by atoms with Crippen molar-refractivity contribution in [1.29, 1.82) is 0 Å². The lowest BCUT2D eigenvalue weighted by atomic mass is 10.0. The van der Waals surface area contributed by atoms with Gasteiger partial charge in [-0.2, -0.15) is 0 Å². The van der Waals surface area contributed by atoms with Crippen molar-refractivity contribution in [3.05, 3.63) is 64.3 Å². The highest BCUT2D eigenvalue weighted by molar-refractivity contribution is 5.93. The van der Waals surface area contributed by atoms with E-state index in [0.717, 1.165) is 0 Å². The van der Waals surface area contributed by atoms with Crippen molar-refractivity contribution in [2.75, 3.05) is 5.73 Å². The molecule has 0 saturated heterocycles. The molecular weight excluding hydrogens is 254 g/mol. The zero-order valence-electron chi connectivity index (χ0n) is 10.5. The molecule has 0 spiro atoms. The van der Waals surface area contributed by atoms with Crippen LogP contribution in [0, 0.1) is 0 Å². The van der Waals surface area contributed by atoms with Crippen LogP contribution in [0.15, 0.2) is 57.7 Å². The number of carbonyl (C=O) groups excluding carboxylic acids is 1. The Labute approximate surface area is 114 Å². The number of carbonyl (C=O) groups is 1. The molecule has 20 heavy (non-hydrogen) atoms. The number of nitrogen functional groups attached to an aromatic ring is 1. The van der Waals surface area contributed by atoms with Crippen LogP contribution >= 0.6 is 0 Å². The topological polar surface area (TPSA) is 73.3 Å². The molecule has 1 aromatic heterocycles. The second-order valence-electron chi connectivity index (χ2n) is 4.38. The number of hydrogen-bond donors (Lipinski definition) is 1. The van der Waals surface area contributed by atoms with Crippen molar-refractivity contribution < 1.29 is 9.21 Å². The molecule has 3 rings (SSSR count). The molecule has 0 atom stereocenters. The van der Waals surface area contributed by atoms with Gasteiger partial charge in [-0.15, -0.1) is 0 Å². The van der Waals surface area contributed by atoms with E-state index in [1.807, 2.05) is 0 Å². The van der Waals surface area contributed by atoms with E-state index >= 15 is 0 Å². The third-order valence-electron chi connectivity index (χ3n) is 3.16. The lowest BCUT2D eigenvalue weighted by Gasteiger charge is -2.08. The Hall–Kier alpha value is -2.88. The van der Waals surface area contributed by atoms with E-state index in [2.05, 4.69) is 0 Å². The average Bonchev–Trinajstić information content (AvgIpc) is 2.48. The van der Waals surface area contributed by atoms with Crippen molar-refractivity contribution in [3.63, 3.8) is 0 Å². The maximum Gasteiger partial charge on any atom is 0.203 e. The SMILES string of the molecule is Nc1ccccc1-c1oc2ccccc2c(=O)c1C=O. The molecule has 0 fully saturated rings. The predicted molar refractivity (Wildman–Crippen MR) is 77.7 cm³/mol. The van der Waals surface area contributed by atoms with E-state index in [9.17, 15) is 9.59 Å². The Bertz CT molecular complexity index is 865. The van der Waals surface area contributed by atoms with Crippen LogP contribution in [0.4, 0.5) is 5.69 Å². The molecule has 0 aliphatic heterocycles. The molecule has 0 unspecified atom stereocenters. The molecule has 98 valence electrons. The fraction of sp³-hybridized carbons (Fsp3) is 0. The molecule has 0 aliphatic carbocycles. The summed E-state index contributed by atoms with van der Waals surface area (Å²) in [7, 11) is 0. The van der Waals surface area contributed by atoms with Crippen molar-refractivity contribution in [1.82, 2.24) is 0 Å². The Morgan fingerprint density at radius 3 is 2.45 bits per heavy atom. The van der Waals surface area contributed by atoms with Gasteiger partial charge in [-0.25, -0.2) is 0 Å². The maximum atomic E-state index is 12.3. The molecule has 0 saturated carbocycles. The zero-order chi connectivity index (χ0) is 14.1. The molecule has 3 aromatic rings. The number of anilines is 1. The molecule has 4 heteroatoms. The minimum absolute atomic E-state index is 0.0124. The van der Waals surface area contributed by atoms with Gasteiger partial charge in [0.05, 0.1) is 5.39 Å². The van der Waals surface area contributed by atoms with Crippen LogP contribution in [0.3, 0.4) is 0 Å². The highest BCUT2D eigenvalue weighted by Gasteiger charge is 2.16. The highest BCUT2D eigenvalue weighted by atomic mass is 16.3. The number of rotatable bonds is 2. The molecule has 1 heterocycles. The van der Waals surface area contributed by atoms with Crippen LogP contribution in [-0.2, 0) is 0 Å². The predicted octanol–water partition coefficient (Wildman–Crippen LogP) is 2.85. The van der Waals surface area contributed by atoms with Gasteiger partial charge in [0.25, 0.3) is 0 Å². The van der Waals surface area contributed by atoms with E-state index in [4.69, 9.17) is 10.2 Å². The van der Waals surface area contributed by atoms with Crippen LogP contribution in [-0.4, -0.2) is 6.29 Å². The summed E-state index contributed by atoms with van der Waals surface area (Å²) in [5.74, 6) is 0.210. The third-order valence-corrected chi connectivity index (χ3v) is 3.16. The standard InChI is InChI=1S/C16H11NO3/c17-13-7-3-1-5-10(13)16-12(9-18)15(19)11-6-2-4-8-14(11)20-16/h1-9H,17H2. The fourth-order valence-corrected chi connectivity index (χ4v) is 2.17. The number of benzene rings is 2. The van der Waals surface area contributed by atoms with Gasteiger partial charge in [0, 0.05) is 11.3 Å². The van der Waals surface area contributed by atoms with E-state index in [1.54, 1.807) is 48.5 Å². The van der Waals surface area contributed by atoms with E-state index in [0.29, 0.717) is 28.5 Å². The highest BCUT2D eigenvalue weighted by Crippen LogP contribution is 2.29. The Morgan fingerprint density at radius 1 is 1.00 bits per heavy atom. The number of nitrogens with two attached hydrogens (primary N) is 1. The third kappa shape index (κ3) is 1.78. The molecule has 0 bridgehead atoms. The Kier molecular flexibility index (Phi) is 2.84. The maximum absolute atomic E-state index is 12.3. The van der Waals surface area contributed by atoms with Crippen LogP contribution < -0.4 is 11.2 Å². The molecular formula is C16H11NO3. The Balaban J connectivity index is 2.45. The fourth-order valence-electron chi connectivity index (χ4n) is 2.17. The second-order valence-corrected chi connectivity index (χ2v) is 4.38. The van der Waals surface area contributed by atoms with Crippen LogP contribution in [0.25, 0.3) is 22.3 Å². The first-order valence-corrected chi connectivity index (χ1v) is 6.08. The number of fused-ring (bicyclic) bond motifs is 1. The van der Waals surface area contributed by atoms with Gasteiger partial charge in [0.1, 0.15) is 11.1 Å². The minimum atomic E-state index is -0.347. The quantitative estimate of drug-likeness (QED) is 0.571. The molecule has 0 aliphatic rings. The average molecular weight is 265 g/mol. The van der Waals surface area contributed by atoms with Gasteiger partial charge >= 0.3 is 0 Å². The summed E-state index contributed by atoms with van der Waals surface area (Å²) >= 11 is 0. The van der Waals surface area contributed by atoms with E-state index in [-0.39, 0.29) is 16.8 Å². The summed E-state index contributed by atoms with van der Waals surface area (Å²) in [6, 6.07) is 13.8. The molecule has 0 radical (unpaired) electrons. The van der Waals surface area contributed by atoms with Gasteiger partial charge in [-0.3, -0.25) is 9.59 Å². The summed E-state index contributed by atoms with van der Waals surface area (Å²) < 4.78 is 5.72. The van der Waals surface area contributed by atoms with Gasteiger partial charge in [-0.05, 0) is 24.3 Å². The summed E-state index contributed by atoms with van der Waals surface area (Å²) in [4.78, 5) is 23.6. The molecule has 2 N–H and O–H groups in total. The monoisotopic (exact) mass is 265 g/mol. The van der Waals surface area contributed by atoms with Gasteiger partial charge in [0.15, 0.2) is 12.0 Å². The summed E-state index contributed by atoms with van der Waals surface area (Å²) in [6.45, 7) is 0. The lowest BCUT2D eigenvalue weighted by Crippen LogP contribution is -2.10. The van der Waals surface area contributed by atoms with E-state index < -0.39 is 0 Å². The first-order valence-electron chi connectivity index (χ1n) is 6.08. The van der Waals surface area contributed by atoms with Gasteiger partial charge < -0.3 is 10.2 Å². The number of hydrogen-bond acceptors (Lipinski definition) is 4. The first kappa shape index (κ1) is 12.2. The molecule has 0 amide bonds. The van der Waals surface area contributed by atoms with Crippen LogP contribution in [0.2, 0.25) is 0 Å². The van der Waals surface area contributed by atoms with E-state index in [1.165, 1.54) is 0 Å². The van der Waals surface area contributed by atoms with Crippen molar-refractivity contribution in [2.24, 2.45) is 0 Å². The van der Waals surface area contributed by atoms with Gasteiger partial charge in [-0.1, -0.05) is 24.3 Å². The normalized spacial score (nSPS) is 10.6. The van der Waals surface area contributed by atoms with Crippen molar-refractivity contribution in [2.45, 2.75) is 0 Å². The Morgan fingerprint density at radius 2 is 1.70 bits per heavy atom. The minimum Gasteiger partial charge on any atom is -0.455 e. The van der Waals surface area contributed by atoms with Crippen LogP contribution in [0.5, 0.6) is 0 Å². The second kappa shape index (κ2) is 4.66. The largest absolute Gasteiger partial charge is 0.455 e. The van der Waals surface area contributed by atoms with Crippen molar-refractivity contribution >= 4 is 22.9 Å². The molecule has 4 nitrogen and oxygen atoms in total. The summed E-state index contributed by atoms with van der Waals surface area (Å²) in [6.07, 6.45) is 0.514. The number of aldehydes is 1. The zero-order valence-corrected chi connectivity index (χ0v) is 10.5. The van der Waals surface area contributed by atoms with Crippen molar-refractivity contribution in [3.8, 4) is 11.3 Å². The van der Waals surface area contributed by atoms with Gasteiger partial charge in [0.2, 0.25) is 5.43 Å². The lowest BCUT2D eigenvalue weighted by molar-refractivity contribution is 0.112. The molecule has 2 aromatic carbocycles. The summed E-state index contributed by atoms with van der Waals surface area (Å²) in [5.41, 5.74) is 6.96. The van der Waals surface area contributed by atoms with Crippen LogP contribution in [0.1, 0.15) is 10.4 Å². The number of para-hydroxylation sites is 2. The summed E-state index contributed by atoms with van der Waals surface area (Å²) in [5, 5.41) is 0.382. The first-order chi connectivity index (χ1) is 9.72. The smallest absolute Gasteiger partial charge is 0.203 e.